The number of aromatic hydroxyl groups is 1. The minimum absolute atomic E-state index is 0.244. The monoisotopic (exact) mass is 303 g/mol. The number of aryl methyl sites for hydroxylation is 2. The van der Waals surface area contributed by atoms with Gasteiger partial charge in [0.15, 0.2) is 0 Å². The predicted octanol–water partition coefficient (Wildman–Crippen LogP) is 4.41. The molecule has 0 aliphatic heterocycles. The van der Waals surface area contributed by atoms with Crippen molar-refractivity contribution in [1.29, 1.82) is 0 Å². The van der Waals surface area contributed by atoms with Gasteiger partial charge in [-0.1, -0.05) is 23.4 Å². The fourth-order valence-electron chi connectivity index (χ4n) is 2.94. The number of benzene rings is 2. The lowest BCUT2D eigenvalue weighted by molar-refractivity contribution is 0.393. The highest BCUT2D eigenvalue weighted by atomic mass is 16.5. The maximum atomic E-state index is 9.57. The fourth-order valence-corrected chi connectivity index (χ4v) is 2.94. The zero-order valence-electron chi connectivity index (χ0n) is 12.9. The van der Waals surface area contributed by atoms with Gasteiger partial charge >= 0.3 is 0 Å². The number of aromatic nitrogens is 2. The minimum Gasteiger partial charge on any atom is -0.508 e. The van der Waals surface area contributed by atoms with Crippen molar-refractivity contribution >= 4 is 10.9 Å². The maximum absolute atomic E-state index is 9.57. The number of nitrogens with zero attached hydrogens (tertiary/aromatic N) is 2. The summed E-state index contributed by atoms with van der Waals surface area (Å²) in [6.07, 6.45) is 0. The number of hydrogen-bond acceptors (Lipinski definition) is 3. The van der Waals surface area contributed by atoms with E-state index in [2.05, 4.69) is 21.9 Å². The second-order valence-electron chi connectivity index (χ2n) is 5.54. The molecular formula is C19H15N2O2. The van der Waals surface area contributed by atoms with E-state index in [1.54, 1.807) is 12.1 Å². The Bertz CT molecular complexity index is 975. The lowest BCUT2D eigenvalue weighted by atomic mass is 10.1. The summed E-state index contributed by atoms with van der Waals surface area (Å²) in [7, 11) is 0. The van der Waals surface area contributed by atoms with Crippen LogP contribution >= 0.6 is 0 Å². The van der Waals surface area contributed by atoms with Gasteiger partial charge in [-0.25, -0.2) is 0 Å². The molecule has 2 heterocycles. The van der Waals surface area contributed by atoms with Crippen LogP contribution in [0.5, 0.6) is 5.75 Å². The van der Waals surface area contributed by atoms with Crippen LogP contribution in [0.25, 0.3) is 27.8 Å². The molecule has 0 saturated heterocycles. The lowest BCUT2D eigenvalue weighted by Gasteiger charge is -2.11. The van der Waals surface area contributed by atoms with Crippen LogP contribution in [0.4, 0.5) is 0 Å². The van der Waals surface area contributed by atoms with Crippen molar-refractivity contribution in [2.45, 2.75) is 13.8 Å². The Morgan fingerprint density at radius 3 is 2.48 bits per heavy atom. The van der Waals surface area contributed by atoms with E-state index >= 15 is 0 Å². The molecule has 1 radical (unpaired) electrons. The summed E-state index contributed by atoms with van der Waals surface area (Å²) in [4.78, 5) is 0. The van der Waals surface area contributed by atoms with Crippen molar-refractivity contribution in [2.75, 3.05) is 0 Å². The molecule has 2 aromatic heterocycles. The van der Waals surface area contributed by atoms with E-state index in [0.717, 1.165) is 39.3 Å². The highest BCUT2D eigenvalue weighted by Gasteiger charge is 2.19. The van der Waals surface area contributed by atoms with Crippen molar-refractivity contribution < 1.29 is 9.63 Å². The van der Waals surface area contributed by atoms with Crippen LogP contribution in [0.3, 0.4) is 0 Å². The van der Waals surface area contributed by atoms with Gasteiger partial charge in [-0.2, -0.15) is 0 Å². The first-order valence-corrected chi connectivity index (χ1v) is 7.40. The Morgan fingerprint density at radius 1 is 1.04 bits per heavy atom. The summed E-state index contributed by atoms with van der Waals surface area (Å²) in [6.45, 7) is 3.83. The summed E-state index contributed by atoms with van der Waals surface area (Å²) in [5, 5.41) is 14.7. The van der Waals surface area contributed by atoms with Crippen molar-refractivity contribution in [3.8, 4) is 22.7 Å². The number of phenols is 1. The van der Waals surface area contributed by atoms with E-state index in [0.29, 0.717) is 0 Å². The number of phenolic OH excluding ortho intramolecular Hbond substituents is 1. The normalized spacial score (nSPS) is 11.2. The van der Waals surface area contributed by atoms with Crippen molar-refractivity contribution in [1.82, 2.24) is 9.72 Å². The number of rotatable bonds is 2. The van der Waals surface area contributed by atoms with E-state index in [-0.39, 0.29) is 5.75 Å². The van der Waals surface area contributed by atoms with Crippen molar-refractivity contribution in [3.05, 3.63) is 66.1 Å². The van der Waals surface area contributed by atoms with Crippen molar-refractivity contribution in [2.24, 2.45) is 0 Å². The molecule has 113 valence electrons. The van der Waals surface area contributed by atoms with Gasteiger partial charge in [-0.05, 0) is 44.2 Å². The molecule has 4 heteroatoms. The zero-order chi connectivity index (χ0) is 16.0. The second kappa shape index (κ2) is 5.02. The topological polar surface area (TPSA) is 51.2 Å². The standard InChI is InChI=1S/C19H15N2O2/c1-12-19(13(2)23-20-12)18-11-14-5-3-4-6-17(14)21(18)15-7-9-16(22)10-8-15/h3-10,22H,1-2H3. The third-order valence-electron chi connectivity index (χ3n) is 4.00. The molecular weight excluding hydrogens is 288 g/mol. The highest BCUT2D eigenvalue weighted by molar-refractivity contribution is 5.89. The molecule has 0 atom stereocenters. The number of para-hydroxylation sites is 1. The van der Waals surface area contributed by atoms with E-state index in [1.165, 1.54) is 0 Å². The van der Waals surface area contributed by atoms with Crippen molar-refractivity contribution in [3.63, 3.8) is 0 Å². The first-order valence-electron chi connectivity index (χ1n) is 7.40. The fraction of sp³-hybridized carbons (Fsp3) is 0.105. The van der Waals surface area contributed by atoms with Gasteiger partial charge < -0.3 is 14.2 Å². The van der Waals surface area contributed by atoms with Crippen LogP contribution in [-0.2, 0) is 0 Å². The molecule has 23 heavy (non-hydrogen) atoms. The van der Waals surface area contributed by atoms with Gasteiger partial charge in [-0.3, -0.25) is 0 Å². The molecule has 0 amide bonds. The van der Waals surface area contributed by atoms with Crippen LogP contribution in [0, 0.1) is 19.9 Å². The van der Waals surface area contributed by atoms with Gasteiger partial charge in [0.05, 0.1) is 22.5 Å². The Morgan fingerprint density at radius 2 is 1.78 bits per heavy atom. The van der Waals surface area contributed by atoms with E-state index in [9.17, 15) is 5.11 Å². The molecule has 0 saturated carbocycles. The van der Waals surface area contributed by atoms with Gasteiger partial charge in [0, 0.05) is 17.1 Å². The second-order valence-corrected chi connectivity index (χ2v) is 5.54. The zero-order valence-corrected chi connectivity index (χ0v) is 12.9. The molecule has 0 unspecified atom stereocenters. The van der Waals surface area contributed by atoms with E-state index in [1.807, 2.05) is 44.2 Å². The number of hydrogen-bond donors (Lipinski definition) is 1. The summed E-state index contributed by atoms with van der Waals surface area (Å²) in [5.41, 5.74) is 4.70. The van der Waals surface area contributed by atoms with Crippen LogP contribution < -0.4 is 0 Å². The smallest absolute Gasteiger partial charge is 0.143 e. The average Bonchev–Trinajstić information content (AvgIpc) is 3.08. The molecule has 0 aliphatic carbocycles. The highest BCUT2D eigenvalue weighted by Crippen LogP contribution is 2.34. The first-order chi connectivity index (χ1) is 11.1. The molecule has 0 spiro atoms. The van der Waals surface area contributed by atoms with Gasteiger partial charge in [-0.15, -0.1) is 0 Å². The quantitative estimate of drug-likeness (QED) is 0.597. The van der Waals surface area contributed by atoms with Crippen LogP contribution in [0.2, 0.25) is 0 Å². The summed E-state index contributed by atoms with van der Waals surface area (Å²) < 4.78 is 7.44. The molecule has 1 N–H and O–H groups in total. The summed E-state index contributed by atoms with van der Waals surface area (Å²) >= 11 is 0. The Hall–Kier alpha value is -3.01. The Kier molecular flexibility index (Phi) is 2.98. The lowest BCUT2D eigenvalue weighted by Crippen LogP contribution is -1.97. The predicted molar refractivity (Wildman–Crippen MR) is 88.7 cm³/mol. The van der Waals surface area contributed by atoms with E-state index < -0.39 is 0 Å². The molecule has 0 fully saturated rings. The average molecular weight is 303 g/mol. The van der Waals surface area contributed by atoms with Gasteiger partial charge in [0.2, 0.25) is 0 Å². The first kappa shape index (κ1) is 13.6. The van der Waals surface area contributed by atoms with Crippen LogP contribution in [-0.4, -0.2) is 14.8 Å². The molecule has 0 bridgehead atoms. The maximum Gasteiger partial charge on any atom is 0.143 e. The third-order valence-corrected chi connectivity index (χ3v) is 4.00. The van der Waals surface area contributed by atoms with Crippen LogP contribution in [0.1, 0.15) is 11.5 Å². The Balaban J connectivity index is 2.08. The molecule has 4 aromatic rings. The Labute approximate surface area is 133 Å². The minimum atomic E-state index is 0.244. The number of fused-ring (bicyclic) bond motifs is 1. The molecule has 2 aromatic carbocycles. The molecule has 0 aliphatic rings. The molecule has 4 nitrogen and oxygen atoms in total. The largest absolute Gasteiger partial charge is 0.508 e. The summed E-state index contributed by atoms with van der Waals surface area (Å²) in [5.74, 6) is 1.01. The molecule has 4 rings (SSSR count). The van der Waals surface area contributed by atoms with Gasteiger partial charge in [0.25, 0.3) is 0 Å². The SMILES string of the molecule is Cc1noc(C)c1-c1[c]c2ccccc2n1-c1ccc(O)cc1. The van der Waals surface area contributed by atoms with Gasteiger partial charge in [0.1, 0.15) is 11.5 Å². The van der Waals surface area contributed by atoms with E-state index in [4.69, 9.17) is 4.52 Å². The van der Waals surface area contributed by atoms with Crippen LogP contribution in [0.15, 0.2) is 53.1 Å². The third kappa shape index (κ3) is 2.11. The summed E-state index contributed by atoms with van der Waals surface area (Å²) in [6, 6.07) is 18.7.